The second-order valence-corrected chi connectivity index (χ2v) is 7.58. The van der Waals surface area contributed by atoms with Crippen LogP contribution in [0.4, 0.5) is 0 Å². The summed E-state index contributed by atoms with van der Waals surface area (Å²) in [5.74, 6) is 1.89. The molecule has 1 unspecified atom stereocenters. The highest BCUT2D eigenvalue weighted by Gasteiger charge is 2.26. The lowest BCUT2D eigenvalue weighted by atomic mass is 10.1. The van der Waals surface area contributed by atoms with Crippen LogP contribution >= 0.6 is 24.0 Å². The number of aromatic nitrogens is 2. The molecule has 148 valence electrons. The summed E-state index contributed by atoms with van der Waals surface area (Å²) < 4.78 is 1.96. The van der Waals surface area contributed by atoms with E-state index >= 15 is 0 Å². The molecule has 1 aromatic heterocycles. The minimum absolute atomic E-state index is 0. The van der Waals surface area contributed by atoms with E-state index in [1.165, 1.54) is 50.8 Å². The van der Waals surface area contributed by atoms with E-state index < -0.39 is 0 Å². The van der Waals surface area contributed by atoms with E-state index in [9.17, 15) is 0 Å². The molecule has 0 aromatic carbocycles. The van der Waals surface area contributed by atoms with Gasteiger partial charge in [-0.1, -0.05) is 12.8 Å². The Morgan fingerprint density at radius 1 is 1.31 bits per heavy atom. The Hall–Kier alpha value is -0.830. The van der Waals surface area contributed by atoms with Crippen LogP contribution in [-0.4, -0.2) is 59.4 Å². The molecule has 26 heavy (non-hydrogen) atoms. The molecule has 2 aliphatic rings. The van der Waals surface area contributed by atoms with Crippen molar-refractivity contribution in [2.45, 2.75) is 58.5 Å². The normalized spacial score (nSPS) is 21.8. The molecule has 0 radical (unpaired) electrons. The Balaban J connectivity index is 0.00000243. The van der Waals surface area contributed by atoms with Crippen LogP contribution in [0, 0.1) is 12.8 Å². The lowest BCUT2D eigenvalue weighted by Gasteiger charge is -2.21. The fraction of sp³-hybridized carbons (Fsp3) is 0.789. The van der Waals surface area contributed by atoms with Crippen molar-refractivity contribution in [2.24, 2.45) is 10.9 Å². The fourth-order valence-corrected chi connectivity index (χ4v) is 4.04. The minimum atomic E-state index is 0. The van der Waals surface area contributed by atoms with Crippen molar-refractivity contribution in [1.82, 2.24) is 25.3 Å². The largest absolute Gasteiger partial charge is 0.357 e. The summed E-state index contributed by atoms with van der Waals surface area (Å²) in [5, 5.41) is 11.3. The van der Waals surface area contributed by atoms with E-state index in [0.717, 1.165) is 38.1 Å². The van der Waals surface area contributed by atoms with Gasteiger partial charge in [0.05, 0.1) is 19.3 Å². The van der Waals surface area contributed by atoms with Crippen LogP contribution in [0.15, 0.2) is 17.4 Å². The molecule has 1 saturated heterocycles. The summed E-state index contributed by atoms with van der Waals surface area (Å²) in [6, 6.07) is 0.520. The van der Waals surface area contributed by atoms with Gasteiger partial charge in [-0.25, -0.2) is 0 Å². The number of rotatable bonds is 7. The molecule has 1 saturated carbocycles. The number of hydrogen-bond acceptors (Lipinski definition) is 3. The molecule has 1 atom stereocenters. The quantitative estimate of drug-likeness (QED) is 0.363. The van der Waals surface area contributed by atoms with Crippen molar-refractivity contribution >= 4 is 29.9 Å². The van der Waals surface area contributed by atoms with Crippen molar-refractivity contribution < 1.29 is 0 Å². The van der Waals surface area contributed by atoms with E-state index in [-0.39, 0.29) is 24.0 Å². The first kappa shape index (κ1) is 21.5. The third kappa shape index (κ3) is 6.72. The maximum Gasteiger partial charge on any atom is 0.191 e. The van der Waals surface area contributed by atoms with Crippen LogP contribution in [0.2, 0.25) is 0 Å². The van der Waals surface area contributed by atoms with Gasteiger partial charge in [0.1, 0.15) is 0 Å². The Kier molecular flexibility index (Phi) is 9.18. The first-order valence-electron chi connectivity index (χ1n) is 9.99. The molecule has 2 N–H and O–H groups in total. The van der Waals surface area contributed by atoms with Gasteiger partial charge in [0.2, 0.25) is 0 Å². The van der Waals surface area contributed by atoms with E-state index in [0.29, 0.717) is 6.04 Å². The molecule has 1 aliphatic carbocycles. The summed E-state index contributed by atoms with van der Waals surface area (Å²) >= 11 is 0. The third-order valence-corrected chi connectivity index (χ3v) is 5.31. The topological polar surface area (TPSA) is 57.5 Å². The van der Waals surface area contributed by atoms with Gasteiger partial charge in [-0.05, 0) is 44.6 Å². The molecule has 6 nitrogen and oxygen atoms in total. The predicted molar refractivity (Wildman–Crippen MR) is 118 cm³/mol. The number of aliphatic imine (C=N–C) groups is 1. The fourth-order valence-electron chi connectivity index (χ4n) is 4.04. The van der Waals surface area contributed by atoms with Gasteiger partial charge in [-0.15, -0.1) is 24.0 Å². The molecule has 1 aliphatic heterocycles. The summed E-state index contributed by atoms with van der Waals surface area (Å²) in [7, 11) is 0. The number of nitrogens with zero attached hydrogens (tertiary/aromatic N) is 4. The van der Waals surface area contributed by atoms with E-state index in [1.807, 2.05) is 10.9 Å². The number of guanidine groups is 1. The lowest BCUT2D eigenvalue weighted by molar-refractivity contribution is 0.275. The highest BCUT2D eigenvalue weighted by atomic mass is 127. The summed E-state index contributed by atoms with van der Waals surface area (Å²) in [5.41, 5.74) is 1.20. The van der Waals surface area contributed by atoms with Crippen molar-refractivity contribution in [3.8, 4) is 0 Å². The second kappa shape index (κ2) is 11.1. The number of nitrogens with one attached hydrogen (secondary N) is 2. The number of hydrogen-bond donors (Lipinski definition) is 2. The number of halogens is 1. The third-order valence-electron chi connectivity index (χ3n) is 5.31. The average Bonchev–Trinajstić information content (AvgIpc) is 3.32. The summed E-state index contributed by atoms with van der Waals surface area (Å²) in [6.45, 7) is 10.3. The Morgan fingerprint density at radius 3 is 2.81 bits per heavy atom. The highest BCUT2D eigenvalue weighted by molar-refractivity contribution is 14.0. The molecule has 0 amide bonds. The van der Waals surface area contributed by atoms with Gasteiger partial charge < -0.3 is 15.5 Å². The van der Waals surface area contributed by atoms with Crippen LogP contribution in [0.5, 0.6) is 0 Å². The second-order valence-electron chi connectivity index (χ2n) is 7.58. The Labute approximate surface area is 175 Å². The molecule has 2 fully saturated rings. The van der Waals surface area contributed by atoms with Gasteiger partial charge in [-0.2, -0.15) is 5.10 Å². The monoisotopic (exact) mass is 474 g/mol. The highest BCUT2D eigenvalue weighted by Crippen LogP contribution is 2.26. The van der Waals surface area contributed by atoms with E-state index in [1.54, 1.807) is 0 Å². The van der Waals surface area contributed by atoms with Gasteiger partial charge >= 0.3 is 0 Å². The van der Waals surface area contributed by atoms with Crippen LogP contribution < -0.4 is 10.6 Å². The van der Waals surface area contributed by atoms with Crippen molar-refractivity contribution in [1.29, 1.82) is 0 Å². The van der Waals surface area contributed by atoms with Gasteiger partial charge in [0.15, 0.2) is 5.96 Å². The molecule has 0 spiro atoms. The van der Waals surface area contributed by atoms with Gasteiger partial charge in [-0.3, -0.25) is 9.67 Å². The van der Waals surface area contributed by atoms with Crippen molar-refractivity contribution in [2.75, 3.05) is 32.7 Å². The standard InChI is InChI=1S/C19H34N6.HI/c1-3-20-19(21-9-11-25-13-16(2)12-22-25)23-18-8-10-24(15-18)14-17-6-4-5-7-17;/h12-13,17-18H,3-11,14-15H2,1-2H3,(H2,20,21,23);1H. The zero-order valence-corrected chi connectivity index (χ0v) is 18.6. The van der Waals surface area contributed by atoms with Gasteiger partial charge in [0.25, 0.3) is 0 Å². The summed E-state index contributed by atoms with van der Waals surface area (Å²) in [6.07, 6.45) is 10.9. The van der Waals surface area contributed by atoms with Crippen LogP contribution in [0.1, 0.15) is 44.6 Å². The van der Waals surface area contributed by atoms with Crippen molar-refractivity contribution in [3.05, 3.63) is 18.0 Å². The average molecular weight is 474 g/mol. The zero-order chi connectivity index (χ0) is 17.5. The summed E-state index contributed by atoms with van der Waals surface area (Å²) in [4.78, 5) is 7.37. The van der Waals surface area contributed by atoms with Crippen LogP contribution in [0.25, 0.3) is 0 Å². The molecule has 0 bridgehead atoms. The molecule has 7 heteroatoms. The zero-order valence-electron chi connectivity index (χ0n) is 16.3. The smallest absolute Gasteiger partial charge is 0.191 e. The molecular formula is C19H35IN6. The number of aryl methyl sites for hydroxylation is 1. The lowest BCUT2D eigenvalue weighted by Crippen LogP contribution is -2.45. The van der Waals surface area contributed by atoms with Crippen LogP contribution in [-0.2, 0) is 6.54 Å². The Bertz CT molecular complexity index is 552. The predicted octanol–water partition coefficient (Wildman–Crippen LogP) is 2.63. The molecule has 2 heterocycles. The Morgan fingerprint density at radius 2 is 2.12 bits per heavy atom. The van der Waals surface area contributed by atoms with E-state index in [2.05, 4.69) is 40.7 Å². The molecule has 1 aromatic rings. The van der Waals surface area contributed by atoms with Crippen molar-refractivity contribution in [3.63, 3.8) is 0 Å². The maximum atomic E-state index is 4.72. The maximum absolute atomic E-state index is 4.72. The van der Waals surface area contributed by atoms with E-state index in [4.69, 9.17) is 4.99 Å². The number of likely N-dealkylation sites (tertiary alicyclic amines) is 1. The SMILES string of the molecule is CCNC(=NCCn1cc(C)cn1)NC1CCN(CC2CCCC2)C1.I. The molecule has 3 rings (SSSR count). The first-order chi connectivity index (χ1) is 12.2. The molecular weight excluding hydrogens is 439 g/mol. The first-order valence-corrected chi connectivity index (χ1v) is 9.99. The van der Waals surface area contributed by atoms with Crippen LogP contribution in [0.3, 0.4) is 0 Å². The van der Waals surface area contributed by atoms with Gasteiger partial charge in [0, 0.05) is 38.4 Å². The minimum Gasteiger partial charge on any atom is -0.357 e.